The first-order valence-corrected chi connectivity index (χ1v) is 11.2. The van der Waals surface area contributed by atoms with E-state index in [-0.39, 0.29) is 30.8 Å². The van der Waals surface area contributed by atoms with Crippen molar-refractivity contribution in [3.63, 3.8) is 0 Å². The molecule has 0 bridgehead atoms. The van der Waals surface area contributed by atoms with Crippen LogP contribution in [0.15, 0.2) is 72.9 Å². The fourth-order valence-corrected chi connectivity index (χ4v) is 4.22. The Kier molecular flexibility index (Phi) is 7.24. The van der Waals surface area contributed by atoms with Gasteiger partial charge in [-0.25, -0.2) is 9.78 Å². The SMILES string of the molecule is O=C(Cc1cccc(C(F)(F)F)c1)CN1C(=O)N(c2ccc(C(F)(F)F)nc2)C[C@@H]1Cc1ccccc1. The summed E-state index contributed by atoms with van der Waals surface area (Å²) in [5.74, 6) is -0.474. The molecule has 0 radical (unpaired) electrons. The van der Waals surface area contributed by atoms with Crippen molar-refractivity contribution >= 4 is 17.5 Å². The topological polar surface area (TPSA) is 53.5 Å². The molecule has 37 heavy (non-hydrogen) atoms. The van der Waals surface area contributed by atoms with Crippen molar-refractivity contribution in [2.24, 2.45) is 0 Å². The number of benzene rings is 2. The lowest BCUT2D eigenvalue weighted by atomic mass is 10.0. The number of amides is 2. The number of nitrogens with zero attached hydrogens (tertiary/aromatic N) is 3. The van der Waals surface area contributed by atoms with Crippen LogP contribution >= 0.6 is 0 Å². The first-order chi connectivity index (χ1) is 17.4. The summed E-state index contributed by atoms with van der Waals surface area (Å²) < 4.78 is 77.8. The monoisotopic (exact) mass is 521 g/mol. The minimum atomic E-state index is -4.63. The maximum absolute atomic E-state index is 13.3. The number of ketones is 1. The third-order valence-electron chi connectivity index (χ3n) is 5.98. The van der Waals surface area contributed by atoms with E-state index < -0.39 is 41.5 Å². The number of anilines is 1. The van der Waals surface area contributed by atoms with E-state index in [1.54, 1.807) is 0 Å². The maximum atomic E-state index is 13.3. The fourth-order valence-electron chi connectivity index (χ4n) is 4.22. The van der Waals surface area contributed by atoms with Gasteiger partial charge in [0.15, 0.2) is 5.78 Å². The number of halogens is 6. The summed E-state index contributed by atoms with van der Waals surface area (Å²) in [6.45, 7) is -0.269. The summed E-state index contributed by atoms with van der Waals surface area (Å²) in [4.78, 5) is 32.1. The van der Waals surface area contributed by atoms with Crippen LogP contribution in [0.1, 0.15) is 22.4 Å². The number of alkyl halides is 6. The summed E-state index contributed by atoms with van der Waals surface area (Å²) >= 11 is 0. The molecule has 3 aromatic rings. The second kappa shape index (κ2) is 10.2. The molecule has 1 atom stereocenters. The van der Waals surface area contributed by atoms with Gasteiger partial charge in [0.2, 0.25) is 0 Å². The van der Waals surface area contributed by atoms with E-state index in [0.717, 1.165) is 36.0 Å². The second-order valence-corrected chi connectivity index (χ2v) is 8.68. The van der Waals surface area contributed by atoms with Gasteiger partial charge in [-0.05, 0) is 35.7 Å². The van der Waals surface area contributed by atoms with Gasteiger partial charge in [-0.1, -0.05) is 48.5 Å². The summed E-state index contributed by atoms with van der Waals surface area (Å²) in [6.07, 6.45) is -8.18. The standard InChI is InChI=1S/C26H21F6N3O2/c27-25(28,29)19-8-4-7-18(11-19)13-22(36)16-35-21(12-17-5-2-1-3-6-17)15-34(24(35)37)20-9-10-23(33-14-20)26(30,31)32/h1-11,14,21H,12-13,15-16H2/t21-/m0/s1. The molecule has 2 aromatic carbocycles. The van der Waals surface area contributed by atoms with Crippen molar-refractivity contribution in [1.29, 1.82) is 0 Å². The highest BCUT2D eigenvalue weighted by Crippen LogP contribution is 2.31. The molecule has 1 aliphatic rings. The van der Waals surface area contributed by atoms with Crippen molar-refractivity contribution in [2.45, 2.75) is 31.2 Å². The van der Waals surface area contributed by atoms with Gasteiger partial charge >= 0.3 is 18.4 Å². The van der Waals surface area contributed by atoms with Crippen molar-refractivity contribution in [3.8, 4) is 0 Å². The largest absolute Gasteiger partial charge is 0.433 e. The van der Waals surface area contributed by atoms with Crippen LogP contribution in [0.2, 0.25) is 0 Å². The van der Waals surface area contributed by atoms with Crippen LogP contribution < -0.4 is 4.90 Å². The van der Waals surface area contributed by atoms with E-state index in [4.69, 9.17) is 0 Å². The van der Waals surface area contributed by atoms with Gasteiger partial charge in [0.25, 0.3) is 0 Å². The minimum absolute atomic E-state index is 0.0949. The Morgan fingerprint density at radius 1 is 0.892 bits per heavy atom. The number of carbonyl (C=O) groups is 2. The first-order valence-electron chi connectivity index (χ1n) is 11.2. The van der Waals surface area contributed by atoms with Crippen molar-refractivity contribution in [1.82, 2.24) is 9.88 Å². The summed E-state index contributed by atoms with van der Waals surface area (Å²) in [6, 6.07) is 14.4. The smallest absolute Gasteiger partial charge is 0.312 e. The van der Waals surface area contributed by atoms with Gasteiger partial charge < -0.3 is 4.90 Å². The molecule has 1 aliphatic heterocycles. The molecule has 2 heterocycles. The Morgan fingerprint density at radius 3 is 2.22 bits per heavy atom. The minimum Gasteiger partial charge on any atom is -0.312 e. The number of rotatable bonds is 7. The molecule has 4 rings (SSSR count). The molecule has 0 spiro atoms. The Bertz CT molecular complexity index is 1260. The Hall–Kier alpha value is -3.89. The second-order valence-electron chi connectivity index (χ2n) is 8.68. The van der Waals surface area contributed by atoms with Crippen LogP contribution in [0.4, 0.5) is 36.8 Å². The highest BCUT2D eigenvalue weighted by Gasteiger charge is 2.40. The van der Waals surface area contributed by atoms with Crippen LogP contribution in [0.5, 0.6) is 0 Å². The van der Waals surface area contributed by atoms with E-state index >= 15 is 0 Å². The Balaban J connectivity index is 1.54. The van der Waals surface area contributed by atoms with E-state index in [9.17, 15) is 35.9 Å². The van der Waals surface area contributed by atoms with Crippen LogP contribution in [-0.4, -0.2) is 40.8 Å². The quantitative estimate of drug-likeness (QED) is 0.370. The van der Waals surface area contributed by atoms with Crippen molar-refractivity contribution in [3.05, 3.63) is 95.3 Å². The molecule has 2 amide bonds. The zero-order chi connectivity index (χ0) is 26.8. The van der Waals surface area contributed by atoms with Crippen molar-refractivity contribution < 1.29 is 35.9 Å². The summed E-state index contributed by atoms with van der Waals surface area (Å²) in [5, 5.41) is 0. The average Bonchev–Trinajstić information content (AvgIpc) is 3.13. The molecule has 1 aromatic heterocycles. The number of pyridine rings is 1. The molecular formula is C26H21F6N3O2. The molecule has 0 saturated carbocycles. The molecule has 5 nitrogen and oxygen atoms in total. The number of urea groups is 1. The lowest BCUT2D eigenvalue weighted by Crippen LogP contribution is -2.40. The normalized spacial score (nSPS) is 16.4. The lowest BCUT2D eigenvalue weighted by Gasteiger charge is -2.23. The molecule has 194 valence electrons. The molecule has 1 fully saturated rings. The number of hydrogen-bond donors (Lipinski definition) is 0. The Labute approximate surface area is 208 Å². The van der Waals surface area contributed by atoms with Gasteiger partial charge in [-0.2, -0.15) is 26.3 Å². The average molecular weight is 521 g/mol. The van der Waals surface area contributed by atoms with Gasteiger partial charge in [0.05, 0.1) is 30.0 Å². The third-order valence-corrected chi connectivity index (χ3v) is 5.98. The van der Waals surface area contributed by atoms with Crippen LogP contribution in [0.3, 0.4) is 0 Å². The van der Waals surface area contributed by atoms with Gasteiger partial charge in [0.1, 0.15) is 5.69 Å². The van der Waals surface area contributed by atoms with E-state index in [2.05, 4.69) is 4.98 Å². The highest BCUT2D eigenvalue weighted by molar-refractivity contribution is 5.97. The summed E-state index contributed by atoms with van der Waals surface area (Å²) in [7, 11) is 0. The summed E-state index contributed by atoms with van der Waals surface area (Å²) in [5.41, 5.74) is -0.795. The molecule has 0 aliphatic carbocycles. The van der Waals surface area contributed by atoms with Gasteiger partial charge in [-0.15, -0.1) is 0 Å². The number of aromatic nitrogens is 1. The number of Topliss-reactive ketones (excluding diaryl/α,β-unsaturated/α-hetero) is 1. The fraction of sp³-hybridized carbons (Fsp3) is 0.269. The zero-order valence-electron chi connectivity index (χ0n) is 19.3. The third kappa shape index (κ3) is 6.28. The molecule has 0 N–H and O–H groups in total. The van der Waals surface area contributed by atoms with Crippen LogP contribution in [0.25, 0.3) is 0 Å². The molecule has 0 unspecified atom stereocenters. The number of carbonyl (C=O) groups excluding carboxylic acids is 2. The van der Waals surface area contributed by atoms with Crippen LogP contribution in [0, 0.1) is 0 Å². The zero-order valence-corrected chi connectivity index (χ0v) is 19.3. The van der Waals surface area contributed by atoms with Gasteiger partial charge in [0, 0.05) is 13.0 Å². The predicted molar refractivity (Wildman–Crippen MR) is 123 cm³/mol. The maximum Gasteiger partial charge on any atom is 0.433 e. The van der Waals surface area contributed by atoms with Gasteiger partial charge in [-0.3, -0.25) is 9.69 Å². The predicted octanol–water partition coefficient (Wildman–Crippen LogP) is 5.78. The number of hydrogen-bond acceptors (Lipinski definition) is 3. The highest BCUT2D eigenvalue weighted by atomic mass is 19.4. The van der Waals surface area contributed by atoms with E-state index in [1.807, 2.05) is 30.3 Å². The molecular weight excluding hydrogens is 500 g/mol. The van der Waals surface area contributed by atoms with Crippen molar-refractivity contribution in [2.75, 3.05) is 18.0 Å². The molecule has 11 heteroatoms. The molecule has 1 saturated heterocycles. The van der Waals surface area contributed by atoms with Crippen LogP contribution in [-0.2, 0) is 30.0 Å². The van der Waals surface area contributed by atoms with E-state index in [0.29, 0.717) is 6.42 Å². The van der Waals surface area contributed by atoms with E-state index in [1.165, 1.54) is 21.9 Å². The lowest BCUT2D eigenvalue weighted by molar-refractivity contribution is -0.141. The first kappa shape index (κ1) is 26.2. The Morgan fingerprint density at radius 2 is 1.59 bits per heavy atom.